The van der Waals surface area contributed by atoms with Crippen molar-refractivity contribution in [1.29, 1.82) is 0 Å². The number of unbranched alkanes of at least 4 members (excludes halogenated alkanes) is 1. The Morgan fingerprint density at radius 2 is 1.76 bits per heavy atom. The van der Waals surface area contributed by atoms with Gasteiger partial charge in [0.1, 0.15) is 11.4 Å². The van der Waals surface area contributed by atoms with Gasteiger partial charge < -0.3 is 39.3 Å². The topological polar surface area (TPSA) is 159 Å². The van der Waals surface area contributed by atoms with Gasteiger partial charge in [0, 0.05) is 37.3 Å². The highest BCUT2D eigenvalue weighted by Crippen LogP contribution is 2.46. The number of hydrogen-bond acceptors (Lipinski definition) is 9. The van der Waals surface area contributed by atoms with E-state index in [1.165, 1.54) is 0 Å². The molecular formula is C48H59N5O8Si. The molecule has 0 saturated carbocycles. The van der Waals surface area contributed by atoms with Crippen molar-refractivity contribution in [2.75, 3.05) is 43.0 Å². The molecule has 4 aliphatic heterocycles. The molecule has 14 heteroatoms. The second kappa shape index (κ2) is 17.8. The van der Waals surface area contributed by atoms with E-state index in [1.54, 1.807) is 21.6 Å². The number of aromatic nitrogens is 1. The lowest BCUT2D eigenvalue weighted by Crippen LogP contribution is -2.59. The summed E-state index contributed by atoms with van der Waals surface area (Å²) in [7, 11) is -2.28. The number of nitrogens with zero attached hydrogens (tertiary/aromatic N) is 3. The van der Waals surface area contributed by atoms with Crippen LogP contribution in [-0.2, 0) is 28.7 Å². The Bertz CT molecular complexity index is 2490. The van der Waals surface area contributed by atoms with Crippen LogP contribution in [0.5, 0.6) is 11.5 Å². The molecule has 2 amide bonds. The molecule has 0 spiro atoms. The number of rotatable bonds is 15. The molecule has 9 rings (SSSR count). The number of aromatic hydroxyl groups is 1. The molecule has 4 aromatic carbocycles. The number of carbonyl (C=O) groups excluding carboxylic acids is 1. The van der Waals surface area contributed by atoms with E-state index in [2.05, 4.69) is 67.6 Å². The van der Waals surface area contributed by atoms with E-state index in [-0.39, 0.29) is 35.0 Å². The summed E-state index contributed by atoms with van der Waals surface area (Å²) in [5.74, 6) is -0.0339. The summed E-state index contributed by atoms with van der Waals surface area (Å²) in [5.41, 5.74) is 6.89. The summed E-state index contributed by atoms with van der Waals surface area (Å²) in [6, 6.07) is 25.3. The quantitative estimate of drug-likeness (QED) is 0.0456. The normalized spacial score (nSPS) is 19.2. The first-order chi connectivity index (χ1) is 29.7. The first-order valence-electron chi connectivity index (χ1n) is 21.9. The summed E-state index contributed by atoms with van der Waals surface area (Å²) in [4.78, 5) is 42.3. The van der Waals surface area contributed by atoms with Gasteiger partial charge in [-0.2, -0.15) is 0 Å². The number of nitrogens with one attached hydrogen (secondary N) is 2. The van der Waals surface area contributed by atoms with Crippen molar-refractivity contribution in [1.82, 2.24) is 14.8 Å². The zero-order valence-electron chi connectivity index (χ0n) is 36.4. The van der Waals surface area contributed by atoms with Crippen molar-refractivity contribution < 1.29 is 33.4 Å². The smallest absolute Gasteiger partial charge is 0.419 e. The van der Waals surface area contributed by atoms with Crippen LogP contribution >= 0.6 is 0 Å². The second-order valence-corrected chi connectivity index (χ2v) is 23.3. The van der Waals surface area contributed by atoms with E-state index in [1.807, 2.05) is 48.5 Å². The van der Waals surface area contributed by atoms with Gasteiger partial charge in [0.05, 0.1) is 23.3 Å². The van der Waals surface area contributed by atoms with E-state index < -0.39 is 26.3 Å². The Hall–Kier alpha value is -5.41. The lowest BCUT2D eigenvalue weighted by Gasteiger charge is -2.48. The van der Waals surface area contributed by atoms with Gasteiger partial charge in [0.25, 0.3) is 5.91 Å². The molecule has 5 aromatic rings. The number of hydrogen-bond donors (Lipinski definition) is 4. The lowest BCUT2D eigenvalue weighted by molar-refractivity contribution is -0.118. The predicted molar refractivity (Wildman–Crippen MR) is 244 cm³/mol. The fourth-order valence-electron chi connectivity index (χ4n) is 9.00. The molecule has 62 heavy (non-hydrogen) atoms. The van der Waals surface area contributed by atoms with Gasteiger partial charge in [-0.3, -0.25) is 14.3 Å². The first kappa shape index (κ1) is 43.2. The average molecular weight is 862 g/mol. The van der Waals surface area contributed by atoms with Gasteiger partial charge in [-0.15, -0.1) is 0 Å². The van der Waals surface area contributed by atoms with E-state index >= 15 is 0 Å². The van der Waals surface area contributed by atoms with E-state index in [9.17, 15) is 24.6 Å². The number of phenolic OH excluding ortho intramolecular Hbond substituents is 1. The number of carbonyl (C=O) groups is 2. The number of piperidine rings is 3. The van der Waals surface area contributed by atoms with Gasteiger partial charge in [-0.25, -0.2) is 9.59 Å². The fraction of sp³-hybridized carbons (Fsp3) is 0.438. The summed E-state index contributed by atoms with van der Waals surface area (Å²) in [6.07, 6.45) is 2.97. The molecular weight excluding hydrogens is 803 g/mol. The minimum absolute atomic E-state index is 0.0657. The Kier molecular flexibility index (Phi) is 12.4. The summed E-state index contributed by atoms with van der Waals surface area (Å²) in [5, 5.41) is 27.4. The monoisotopic (exact) mass is 861 g/mol. The maximum atomic E-state index is 13.2. The zero-order valence-corrected chi connectivity index (χ0v) is 37.4. The van der Waals surface area contributed by atoms with Gasteiger partial charge in [0.2, 0.25) is 0 Å². The molecule has 328 valence electrons. The largest absolute Gasteiger partial charge is 0.506 e. The Morgan fingerprint density at radius 3 is 2.47 bits per heavy atom. The standard InChI is InChI=1S/C48H59N5O8Si/c1-48(2,3)62(4,5)61-42(36-17-19-40(54)44-45(36)59-30-43(55)50-44)28-49-27-32-15-18-37-41(26-32)60-47(58)52(37)22-10-9-11-31-14-16-35(33-12-7-6-8-13-33)38(25-31)53(46(56)57)39-29-51-23-20-34(39)21-24-51/h6-8,12-19,25-26,34,39,42,49,54H,9-11,20-24,27-30H2,1-5H3,(H,50,55)(H,56,57)/t39-,42+/m0/s1. The number of aryl methyl sites for hydroxylation is 2. The van der Waals surface area contributed by atoms with E-state index in [4.69, 9.17) is 13.6 Å². The maximum Gasteiger partial charge on any atom is 0.419 e. The Morgan fingerprint density at radius 1 is 1.00 bits per heavy atom. The number of oxazole rings is 1. The first-order valence-corrected chi connectivity index (χ1v) is 24.8. The van der Waals surface area contributed by atoms with Crippen molar-refractivity contribution in [3.8, 4) is 22.6 Å². The van der Waals surface area contributed by atoms with Crippen LogP contribution in [-0.4, -0.2) is 78.8 Å². The molecule has 13 nitrogen and oxygen atoms in total. The van der Waals surface area contributed by atoms with Crippen molar-refractivity contribution in [3.63, 3.8) is 0 Å². The second-order valence-electron chi connectivity index (χ2n) is 18.6. The predicted octanol–water partition coefficient (Wildman–Crippen LogP) is 8.75. The summed E-state index contributed by atoms with van der Waals surface area (Å²) >= 11 is 0. The third-order valence-corrected chi connectivity index (χ3v) is 17.9. The number of ether oxygens (including phenoxy) is 1. The fourth-order valence-corrected chi connectivity index (χ4v) is 10.3. The average Bonchev–Trinajstić information content (AvgIpc) is 3.56. The number of amides is 2. The molecule has 0 radical (unpaired) electrons. The molecule has 2 bridgehead atoms. The molecule has 1 aromatic heterocycles. The molecule has 5 heterocycles. The van der Waals surface area contributed by atoms with Crippen LogP contribution in [0.1, 0.15) is 69.2 Å². The van der Waals surface area contributed by atoms with Gasteiger partial charge in [-0.05, 0) is 116 Å². The SMILES string of the molecule is CC(C)(C)[Si](C)(C)O[C@H](CNCc1ccc2c(c1)oc(=O)n2CCCCc1ccc(-c2ccccc2)c(N(C(=O)O)[C@H]2CN3CCC2CC3)c1)c1ccc(O)c2c1OCC(=O)N2. The van der Waals surface area contributed by atoms with Crippen LogP contribution in [0.2, 0.25) is 18.1 Å². The van der Waals surface area contributed by atoms with Crippen molar-refractivity contribution >= 4 is 42.8 Å². The molecule has 2 atom stereocenters. The molecule has 3 saturated heterocycles. The van der Waals surface area contributed by atoms with Crippen molar-refractivity contribution in [2.24, 2.45) is 5.92 Å². The van der Waals surface area contributed by atoms with Crippen molar-refractivity contribution in [3.05, 3.63) is 106 Å². The van der Waals surface area contributed by atoms with E-state index in [0.717, 1.165) is 90.8 Å². The highest BCUT2D eigenvalue weighted by atomic mass is 28.4. The number of benzene rings is 4. The molecule has 3 fully saturated rings. The summed E-state index contributed by atoms with van der Waals surface area (Å²) in [6.45, 7) is 15.0. The number of phenols is 1. The van der Waals surface area contributed by atoms with Crippen LogP contribution < -0.4 is 26.0 Å². The highest BCUT2D eigenvalue weighted by molar-refractivity contribution is 6.74. The molecule has 4 aliphatic rings. The molecule has 0 aliphatic carbocycles. The van der Waals surface area contributed by atoms with Crippen LogP contribution in [0.15, 0.2) is 88.1 Å². The van der Waals surface area contributed by atoms with Gasteiger partial charge >= 0.3 is 11.8 Å². The van der Waals surface area contributed by atoms with Crippen LogP contribution in [0, 0.1) is 5.92 Å². The third kappa shape index (κ3) is 9.05. The summed E-state index contributed by atoms with van der Waals surface area (Å²) < 4.78 is 20.2. The van der Waals surface area contributed by atoms with Gasteiger partial charge in [0.15, 0.2) is 26.3 Å². The Balaban J connectivity index is 0.935. The van der Waals surface area contributed by atoms with Crippen LogP contribution in [0.3, 0.4) is 0 Å². The highest BCUT2D eigenvalue weighted by Gasteiger charge is 2.42. The van der Waals surface area contributed by atoms with Crippen LogP contribution in [0.4, 0.5) is 16.2 Å². The Labute approximate surface area is 363 Å². The zero-order chi connectivity index (χ0) is 43.8. The minimum Gasteiger partial charge on any atom is -0.506 e. The molecule has 4 N–H and O–H groups in total. The minimum atomic E-state index is -2.28. The van der Waals surface area contributed by atoms with Crippen molar-refractivity contribution in [2.45, 2.75) is 96.2 Å². The van der Waals surface area contributed by atoms with Gasteiger partial charge in [-0.1, -0.05) is 69.3 Å². The molecule has 0 unspecified atom stereocenters. The number of carboxylic acid groups (broad SMARTS) is 1. The maximum absolute atomic E-state index is 13.2. The lowest BCUT2D eigenvalue weighted by atomic mass is 9.82. The van der Waals surface area contributed by atoms with E-state index in [0.29, 0.717) is 36.9 Å². The number of fused-ring (bicyclic) bond motifs is 5. The number of anilines is 2. The van der Waals surface area contributed by atoms with Crippen LogP contribution in [0.25, 0.3) is 22.2 Å². The third-order valence-electron chi connectivity index (χ3n) is 13.4.